The molecule has 1 aromatic heterocycles. The maximum atomic E-state index is 6.04. The van der Waals surface area contributed by atoms with Crippen molar-refractivity contribution in [1.29, 1.82) is 0 Å². The Labute approximate surface area is 218 Å². The van der Waals surface area contributed by atoms with Crippen LogP contribution in [0.5, 0.6) is 11.5 Å². The minimum absolute atomic E-state index is 0.410. The molecule has 0 atom stereocenters. The zero-order valence-electron chi connectivity index (χ0n) is 21.3. The van der Waals surface area contributed by atoms with Crippen molar-refractivity contribution in [3.8, 4) is 11.5 Å². The predicted octanol–water partition coefficient (Wildman–Crippen LogP) is 3.09. The van der Waals surface area contributed by atoms with E-state index in [1.165, 1.54) is 5.39 Å². The molecule has 0 amide bonds. The Balaban J connectivity index is 1.47. The number of hydrogen-bond donors (Lipinski definition) is 1. The molecule has 8 heteroatoms. The topological polar surface area (TPSA) is 85.3 Å². The zero-order valence-corrected chi connectivity index (χ0v) is 21.3. The summed E-state index contributed by atoms with van der Waals surface area (Å²) in [5, 5.41) is 1.18. The van der Waals surface area contributed by atoms with E-state index in [0.717, 1.165) is 23.2 Å². The van der Waals surface area contributed by atoms with E-state index in [-0.39, 0.29) is 0 Å². The number of ether oxygens (including phenoxy) is 6. The quantitative estimate of drug-likeness (QED) is 0.541. The molecule has 0 spiro atoms. The third-order valence-electron chi connectivity index (χ3n) is 5.84. The number of rotatable bonds is 4. The van der Waals surface area contributed by atoms with E-state index < -0.39 is 0 Å². The summed E-state index contributed by atoms with van der Waals surface area (Å²) in [5.74, 6) is 1.35. The van der Waals surface area contributed by atoms with Crippen molar-refractivity contribution in [2.75, 3.05) is 72.6 Å². The minimum atomic E-state index is 0.410. The maximum Gasteiger partial charge on any atom is 0.213 e. The molecule has 0 saturated heterocycles. The summed E-state index contributed by atoms with van der Waals surface area (Å²) in [4.78, 5) is 0. The van der Waals surface area contributed by atoms with Gasteiger partial charge in [0.15, 0.2) is 24.2 Å². The van der Waals surface area contributed by atoms with Crippen LogP contribution in [-0.2, 0) is 25.5 Å². The molecule has 3 aromatic rings. The summed E-state index contributed by atoms with van der Waals surface area (Å²) in [6.45, 7) is 6.29. The van der Waals surface area contributed by atoms with Crippen molar-refractivity contribution in [3.63, 3.8) is 0 Å². The lowest BCUT2D eigenvalue weighted by Crippen LogP contribution is -2.37. The highest BCUT2D eigenvalue weighted by Crippen LogP contribution is 2.29. The largest absolute Gasteiger partial charge is 0.487 e. The summed E-state index contributed by atoms with van der Waals surface area (Å²) in [6, 6.07) is 16.4. The fourth-order valence-corrected chi connectivity index (χ4v) is 4.02. The average Bonchev–Trinajstić information content (AvgIpc) is 2.93. The van der Waals surface area contributed by atoms with Gasteiger partial charge in [-0.25, -0.2) is 0 Å². The van der Waals surface area contributed by atoms with Gasteiger partial charge in [0.1, 0.15) is 13.2 Å². The first kappa shape index (κ1) is 27.0. The standard InChI is InChI=1S/C29H37N2O6/c30-10-12-31-11-9-25(26-3-1-2-4-27(26)31)7-5-24-6-8-28-29(23-24)37-22-20-35-18-16-33-14-13-32-15-17-34-19-21-36-28/h1-9,11,23H,10,12-22,30H2/q+1/b7-5+. The van der Waals surface area contributed by atoms with E-state index in [1.54, 1.807) is 0 Å². The van der Waals surface area contributed by atoms with Crippen LogP contribution in [0, 0.1) is 0 Å². The number of aromatic nitrogens is 1. The van der Waals surface area contributed by atoms with Gasteiger partial charge >= 0.3 is 0 Å². The second kappa shape index (κ2) is 15.3. The summed E-state index contributed by atoms with van der Waals surface area (Å²) in [7, 11) is 0. The predicted molar refractivity (Wildman–Crippen MR) is 143 cm³/mol. The number of fused-ring (bicyclic) bond motifs is 2. The first-order valence-electron chi connectivity index (χ1n) is 12.8. The van der Waals surface area contributed by atoms with Crippen LogP contribution in [0.2, 0.25) is 0 Å². The Morgan fingerprint density at radius 1 is 0.676 bits per heavy atom. The Bertz CT molecular complexity index is 1140. The molecule has 0 unspecified atom stereocenters. The highest BCUT2D eigenvalue weighted by Gasteiger charge is 2.11. The monoisotopic (exact) mass is 509 g/mol. The molecule has 2 aromatic carbocycles. The van der Waals surface area contributed by atoms with E-state index in [0.29, 0.717) is 84.1 Å². The van der Waals surface area contributed by atoms with Crippen molar-refractivity contribution >= 4 is 23.1 Å². The van der Waals surface area contributed by atoms with Gasteiger partial charge in [-0.1, -0.05) is 30.4 Å². The SMILES string of the molecule is NCC[n+]1ccc(/C=C/c2ccc3c(c2)OCCOCCOCCOCCOCCO3)c2ccccc21. The van der Waals surface area contributed by atoms with Crippen molar-refractivity contribution in [2.24, 2.45) is 5.73 Å². The fourth-order valence-electron chi connectivity index (χ4n) is 4.02. The number of benzene rings is 2. The normalized spacial score (nSPS) is 16.9. The molecular formula is C29H37N2O6+. The van der Waals surface area contributed by atoms with Gasteiger partial charge in [0.05, 0.1) is 64.8 Å². The number of para-hydroxylation sites is 1. The molecule has 0 aliphatic carbocycles. The van der Waals surface area contributed by atoms with Crippen LogP contribution in [0.1, 0.15) is 11.1 Å². The lowest BCUT2D eigenvalue weighted by molar-refractivity contribution is -0.668. The fraction of sp³-hybridized carbons (Fsp3) is 0.414. The van der Waals surface area contributed by atoms with Crippen molar-refractivity contribution in [3.05, 3.63) is 65.9 Å². The highest BCUT2D eigenvalue weighted by molar-refractivity contribution is 5.88. The highest BCUT2D eigenvalue weighted by atomic mass is 16.6. The molecule has 2 heterocycles. The summed E-state index contributed by atoms with van der Waals surface area (Å²) in [6.07, 6.45) is 6.29. The van der Waals surface area contributed by atoms with Crippen LogP contribution in [-0.4, -0.2) is 72.6 Å². The van der Waals surface area contributed by atoms with Gasteiger partial charge < -0.3 is 34.2 Å². The third kappa shape index (κ3) is 8.52. The van der Waals surface area contributed by atoms with Crippen molar-refractivity contribution in [2.45, 2.75) is 6.54 Å². The molecule has 37 heavy (non-hydrogen) atoms. The van der Waals surface area contributed by atoms with E-state index in [4.69, 9.17) is 34.2 Å². The second-order valence-electron chi connectivity index (χ2n) is 8.46. The Morgan fingerprint density at radius 2 is 1.30 bits per heavy atom. The molecule has 0 saturated carbocycles. The van der Waals surface area contributed by atoms with Crippen LogP contribution < -0.4 is 19.8 Å². The van der Waals surface area contributed by atoms with Gasteiger partial charge in [-0.2, -0.15) is 4.57 Å². The van der Waals surface area contributed by atoms with Gasteiger partial charge in [0.25, 0.3) is 0 Å². The Hall–Kier alpha value is -3.01. The van der Waals surface area contributed by atoms with Crippen molar-refractivity contribution < 1.29 is 33.0 Å². The van der Waals surface area contributed by atoms with Crippen LogP contribution in [0.4, 0.5) is 0 Å². The molecule has 4 rings (SSSR count). The number of nitrogens with two attached hydrogens (primary N) is 1. The molecule has 0 radical (unpaired) electrons. The van der Waals surface area contributed by atoms with Gasteiger partial charge in [-0.05, 0) is 29.3 Å². The van der Waals surface area contributed by atoms with E-state index in [2.05, 4.69) is 53.2 Å². The summed E-state index contributed by atoms with van der Waals surface area (Å²) in [5.41, 5.74) is 9.10. The van der Waals surface area contributed by atoms with Crippen LogP contribution in [0.25, 0.3) is 23.1 Å². The summed E-state index contributed by atoms with van der Waals surface area (Å²) >= 11 is 0. The lowest BCUT2D eigenvalue weighted by atomic mass is 10.1. The average molecular weight is 510 g/mol. The zero-order chi connectivity index (χ0) is 25.5. The van der Waals surface area contributed by atoms with Crippen molar-refractivity contribution in [1.82, 2.24) is 0 Å². The maximum absolute atomic E-state index is 6.04. The van der Waals surface area contributed by atoms with Gasteiger partial charge in [-0.3, -0.25) is 0 Å². The molecule has 1 aliphatic rings. The minimum Gasteiger partial charge on any atom is -0.487 e. The second-order valence-corrected chi connectivity index (χ2v) is 8.46. The first-order chi connectivity index (χ1) is 18.3. The molecule has 0 bridgehead atoms. The Morgan fingerprint density at radius 3 is 1.97 bits per heavy atom. The van der Waals surface area contributed by atoms with E-state index in [9.17, 15) is 0 Å². The lowest BCUT2D eigenvalue weighted by Gasteiger charge is -2.14. The van der Waals surface area contributed by atoms with E-state index >= 15 is 0 Å². The molecule has 2 N–H and O–H groups in total. The number of nitrogens with zero attached hydrogens (tertiary/aromatic N) is 1. The van der Waals surface area contributed by atoms with Gasteiger partial charge in [-0.15, -0.1) is 0 Å². The van der Waals surface area contributed by atoms with Crippen LogP contribution in [0.3, 0.4) is 0 Å². The first-order valence-corrected chi connectivity index (χ1v) is 12.8. The van der Waals surface area contributed by atoms with Crippen LogP contribution >= 0.6 is 0 Å². The third-order valence-corrected chi connectivity index (χ3v) is 5.84. The Kier molecular flexibility index (Phi) is 11.2. The smallest absolute Gasteiger partial charge is 0.213 e. The number of hydrogen-bond acceptors (Lipinski definition) is 7. The van der Waals surface area contributed by atoms with E-state index in [1.807, 2.05) is 18.2 Å². The van der Waals surface area contributed by atoms with Crippen LogP contribution in [0.15, 0.2) is 54.7 Å². The van der Waals surface area contributed by atoms with Gasteiger partial charge in [0, 0.05) is 12.1 Å². The summed E-state index contributed by atoms with van der Waals surface area (Å²) < 4.78 is 36.4. The molecular weight excluding hydrogens is 472 g/mol. The molecule has 8 nitrogen and oxygen atoms in total. The number of pyridine rings is 1. The van der Waals surface area contributed by atoms with Gasteiger partial charge in [0.2, 0.25) is 5.52 Å². The molecule has 198 valence electrons. The molecule has 1 aliphatic heterocycles. The molecule has 0 fully saturated rings.